The smallest absolute Gasteiger partial charge is 0.324 e. The predicted octanol–water partition coefficient (Wildman–Crippen LogP) is 0.797. The summed E-state index contributed by atoms with van der Waals surface area (Å²) in [7, 11) is 1.31. The molecule has 0 saturated heterocycles. The van der Waals surface area contributed by atoms with Gasteiger partial charge >= 0.3 is 11.4 Å². The number of nitrogens with zero attached hydrogens (tertiary/aromatic N) is 4. The Balaban J connectivity index is 2.36. The average Bonchev–Trinajstić information content (AvgIpc) is 2.72. The van der Waals surface area contributed by atoms with Crippen molar-refractivity contribution in [1.29, 1.82) is 0 Å². The molecular formula is C8H8FN4O3PS2. The second-order valence-electron chi connectivity index (χ2n) is 3.26. The van der Waals surface area contributed by atoms with Crippen molar-refractivity contribution in [1.82, 2.24) is 20.0 Å². The monoisotopic (exact) mass is 322 g/mol. The number of tetrazole rings is 1. The van der Waals surface area contributed by atoms with E-state index in [0.29, 0.717) is 10.5 Å². The molecule has 2 rings (SSSR count). The van der Waals surface area contributed by atoms with E-state index in [1.807, 2.05) is 0 Å². The highest BCUT2D eigenvalue weighted by Gasteiger charge is 2.18. The van der Waals surface area contributed by atoms with Gasteiger partial charge in [0, 0.05) is 7.11 Å². The topological polar surface area (TPSA) is 71.2 Å². The summed E-state index contributed by atoms with van der Waals surface area (Å²) in [5.41, 5.74) is -3.26. The molecule has 1 atom stereocenters. The van der Waals surface area contributed by atoms with Crippen LogP contribution < -0.4 is 10.3 Å². The lowest BCUT2D eigenvalue weighted by Gasteiger charge is -2.11. The van der Waals surface area contributed by atoms with Crippen molar-refractivity contribution in [3.63, 3.8) is 0 Å². The maximum absolute atomic E-state index is 12.8. The van der Waals surface area contributed by atoms with Crippen LogP contribution in [-0.2, 0) is 16.3 Å². The van der Waals surface area contributed by atoms with E-state index in [2.05, 4.69) is 22.7 Å². The molecule has 0 aliphatic heterocycles. The normalized spacial score (nSPS) is 14.1. The van der Waals surface area contributed by atoms with Gasteiger partial charge in [-0.05, 0) is 51.3 Å². The molecule has 19 heavy (non-hydrogen) atoms. The molecule has 1 aromatic carbocycles. The lowest BCUT2D eigenvalue weighted by atomic mass is 10.3. The molecule has 1 unspecified atom stereocenters. The summed E-state index contributed by atoms with van der Waals surface area (Å²) in [6.07, 6.45) is 0. The quantitative estimate of drug-likeness (QED) is 0.663. The number of benzene rings is 1. The molecule has 0 bridgehead atoms. The summed E-state index contributed by atoms with van der Waals surface area (Å²) in [5.74, 6) is -0.425. The number of aromatic nitrogens is 4. The lowest BCUT2D eigenvalue weighted by Crippen LogP contribution is -2.27. The summed E-state index contributed by atoms with van der Waals surface area (Å²) < 4.78 is 23.5. The Kier molecular flexibility index (Phi) is 4.04. The van der Waals surface area contributed by atoms with Crippen LogP contribution in [0.25, 0.3) is 5.69 Å². The first-order valence-electron chi connectivity index (χ1n) is 4.82. The van der Waals surface area contributed by atoms with Crippen LogP contribution in [-0.4, -0.2) is 27.1 Å². The molecule has 0 fully saturated rings. The third-order valence-corrected chi connectivity index (χ3v) is 4.22. The van der Waals surface area contributed by atoms with Gasteiger partial charge in [-0.2, -0.15) is 4.68 Å². The number of halogens is 1. The maximum Gasteiger partial charge on any atom is 0.403 e. The van der Waals surface area contributed by atoms with Gasteiger partial charge < -0.3 is 9.15 Å². The van der Waals surface area contributed by atoms with Gasteiger partial charge in [-0.1, -0.05) is 12.2 Å². The van der Waals surface area contributed by atoms with Gasteiger partial charge in [0.05, 0.1) is 5.69 Å². The van der Waals surface area contributed by atoms with E-state index in [9.17, 15) is 9.18 Å². The molecule has 0 aliphatic carbocycles. The fourth-order valence-electron chi connectivity index (χ4n) is 1.16. The van der Waals surface area contributed by atoms with Gasteiger partial charge in [0.25, 0.3) is 0 Å². The minimum absolute atomic E-state index is 0.339. The summed E-state index contributed by atoms with van der Waals surface area (Å²) in [4.78, 5) is 12.5. The molecule has 1 aromatic heterocycles. The van der Waals surface area contributed by atoms with Crippen LogP contribution in [0.2, 0.25) is 0 Å². The van der Waals surface area contributed by atoms with Crippen LogP contribution in [0.3, 0.4) is 0 Å². The number of hydrogen-bond donors (Lipinski definition) is 1. The third kappa shape index (κ3) is 3.21. The van der Waals surface area contributed by atoms with Crippen LogP contribution >= 0.6 is 17.9 Å². The summed E-state index contributed by atoms with van der Waals surface area (Å²) in [6.45, 7) is 0. The van der Waals surface area contributed by atoms with Gasteiger partial charge in [-0.3, -0.25) is 0 Å². The minimum atomic E-state index is -2.89. The van der Waals surface area contributed by atoms with Gasteiger partial charge in [-0.25, -0.2) is 9.18 Å². The number of hydrogen-bond acceptors (Lipinski definition) is 6. The Morgan fingerprint density at radius 1 is 1.37 bits per heavy atom. The van der Waals surface area contributed by atoms with Crippen LogP contribution in [0.5, 0.6) is 0 Å². The standard InChI is InChI=1S/C8H8FN4O3PS2/c1-15-17(18,19)16-13-8(14)12(10-11-13)7-4-2-6(9)3-5-7/h2-5H,1H3,(H,18,19). The zero-order valence-electron chi connectivity index (χ0n) is 9.50. The largest absolute Gasteiger partial charge is 0.403 e. The molecule has 0 aliphatic rings. The van der Waals surface area contributed by atoms with Crippen molar-refractivity contribution in [2.45, 2.75) is 0 Å². The zero-order valence-corrected chi connectivity index (χ0v) is 12.1. The predicted molar refractivity (Wildman–Crippen MR) is 72.4 cm³/mol. The second kappa shape index (κ2) is 5.41. The molecule has 1 heterocycles. The van der Waals surface area contributed by atoms with E-state index in [-0.39, 0.29) is 0 Å². The third-order valence-electron chi connectivity index (χ3n) is 2.04. The number of thiol groups is 1. The summed E-state index contributed by atoms with van der Waals surface area (Å²) in [6, 6.07) is 5.14. The van der Waals surface area contributed by atoms with Crippen molar-refractivity contribution in [3.8, 4) is 5.69 Å². The van der Waals surface area contributed by atoms with Crippen LogP contribution in [0.4, 0.5) is 4.39 Å². The van der Waals surface area contributed by atoms with E-state index < -0.39 is 17.2 Å². The van der Waals surface area contributed by atoms with E-state index in [1.54, 1.807) is 0 Å². The fraction of sp³-hybridized carbons (Fsp3) is 0.125. The van der Waals surface area contributed by atoms with Crippen molar-refractivity contribution in [2.75, 3.05) is 7.11 Å². The Morgan fingerprint density at radius 2 is 2.00 bits per heavy atom. The van der Waals surface area contributed by atoms with Crippen molar-refractivity contribution in [2.24, 2.45) is 0 Å². The second-order valence-corrected chi connectivity index (χ2v) is 8.55. The maximum atomic E-state index is 12.8. The molecule has 0 radical (unpaired) electrons. The Morgan fingerprint density at radius 3 is 2.58 bits per heavy atom. The Labute approximate surface area is 117 Å². The SMILES string of the molecule is COP(=S)(S)On1nnn(-c2ccc(F)cc2)c1=O. The van der Waals surface area contributed by atoms with Gasteiger partial charge in [-0.15, -0.1) is 0 Å². The Bertz CT molecular complexity index is 686. The van der Waals surface area contributed by atoms with Crippen LogP contribution in [0.1, 0.15) is 0 Å². The van der Waals surface area contributed by atoms with Gasteiger partial charge in [0.15, 0.2) is 0 Å². The van der Waals surface area contributed by atoms with Crippen molar-refractivity contribution in [3.05, 3.63) is 40.6 Å². The summed E-state index contributed by atoms with van der Waals surface area (Å²) in [5, 5.41) is 7.07. The summed E-state index contributed by atoms with van der Waals surface area (Å²) >= 11 is 8.82. The molecule has 0 spiro atoms. The molecule has 102 valence electrons. The average molecular weight is 322 g/mol. The van der Waals surface area contributed by atoms with Crippen molar-refractivity contribution >= 4 is 29.7 Å². The molecule has 7 nitrogen and oxygen atoms in total. The fourth-order valence-corrected chi connectivity index (χ4v) is 1.92. The number of rotatable bonds is 4. The van der Waals surface area contributed by atoms with Gasteiger partial charge in [0.2, 0.25) is 0 Å². The van der Waals surface area contributed by atoms with Crippen molar-refractivity contribution < 1.29 is 13.5 Å². The molecule has 0 N–H and O–H groups in total. The molecule has 0 saturated carbocycles. The molecule has 11 heteroatoms. The van der Waals surface area contributed by atoms with Gasteiger partial charge in [0.1, 0.15) is 5.82 Å². The first-order chi connectivity index (χ1) is 8.93. The highest BCUT2D eigenvalue weighted by molar-refractivity contribution is 8.60. The molecule has 0 amide bonds. The molecule has 2 aromatic rings. The lowest BCUT2D eigenvalue weighted by molar-refractivity contribution is 0.211. The van der Waals surface area contributed by atoms with E-state index in [4.69, 9.17) is 21.0 Å². The molecular weight excluding hydrogens is 314 g/mol. The first-order valence-corrected chi connectivity index (χ1v) is 8.61. The highest BCUT2D eigenvalue weighted by Crippen LogP contribution is 2.48. The van der Waals surface area contributed by atoms with E-state index >= 15 is 0 Å². The minimum Gasteiger partial charge on any atom is -0.324 e. The Hall–Kier alpha value is -1.22. The zero-order chi connectivity index (χ0) is 14.0. The van der Waals surface area contributed by atoms with E-state index in [1.165, 1.54) is 31.4 Å². The van der Waals surface area contributed by atoms with E-state index in [0.717, 1.165) is 4.68 Å². The van der Waals surface area contributed by atoms with Crippen LogP contribution in [0.15, 0.2) is 29.1 Å². The highest BCUT2D eigenvalue weighted by atomic mass is 32.9. The first kappa shape index (κ1) is 14.2. The van der Waals surface area contributed by atoms with Crippen LogP contribution in [0, 0.1) is 5.82 Å².